The van der Waals surface area contributed by atoms with E-state index in [2.05, 4.69) is 6.92 Å². The van der Waals surface area contributed by atoms with Crippen molar-refractivity contribution >= 4 is 12.0 Å². The molecule has 0 radical (unpaired) electrons. The molecule has 3 nitrogen and oxygen atoms in total. The topological polar surface area (TPSA) is 46.5 Å². The summed E-state index contributed by atoms with van der Waals surface area (Å²) in [5.41, 5.74) is 0.464. The van der Waals surface area contributed by atoms with Gasteiger partial charge >= 0.3 is 5.97 Å². The van der Waals surface area contributed by atoms with E-state index in [-0.39, 0.29) is 11.9 Å². The zero-order valence-electron chi connectivity index (χ0n) is 11.5. The van der Waals surface area contributed by atoms with Gasteiger partial charge in [-0.05, 0) is 43.7 Å². The number of carboxylic acid groups (broad SMARTS) is 1. The summed E-state index contributed by atoms with van der Waals surface area (Å²) in [6, 6.07) is 4.54. The molecule has 0 atom stereocenters. The van der Waals surface area contributed by atoms with Crippen molar-refractivity contribution in [2.45, 2.75) is 38.7 Å². The lowest BCUT2D eigenvalue weighted by atomic mass is 9.89. The largest absolute Gasteiger partial charge is 0.487 e. The summed E-state index contributed by atoms with van der Waals surface area (Å²) in [5, 5.41) is 8.66. The van der Waals surface area contributed by atoms with Crippen molar-refractivity contribution in [1.82, 2.24) is 0 Å². The van der Waals surface area contributed by atoms with Gasteiger partial charge in [0, 0.05) is 11.6 Å². The van der Waals surface area contributed by atoms with Gasteiger partial charge in [0.1, 0.15) is 0 Å². The van der Waals surface area contributed by atoms with Crippen LogP contribution >= 0.6 is 0 Å². The SMILES string of the molecule is CC1CCC(Oc2c(F)cccc2/C=C/C(=O)O)CC1. The van der Waals surface area contributed by atoms with Gasteiger partial charge in [0.15, 0.2) is 11.6 Å². The van der Waals surface area contributed by atoms with E-state index < -0.39 is 11.8 Å². The molecule has 0 bridgehead atoms. The number of benzene rings is 1. The monoisotopic (exact) mass is 278 g/mol. The Kier molecular flexibility index (Phi) is 4.77. The second-order valence-electron chi connectivity index (χ2n) is 5.33. The van der Waals surface area contributed by atoms with Crippen molar-refractivity contribution < 1.29 is 19.0 Å². The minimum Gasteiger partial charge on any atom is -0.487 e. The van der Waals surface area contributed by atoms with E-state index >= 15 is 0 Å². The average molecular weight is 278 g/mol. The van der Waals surface area contributed by atoms with Gasteiger partial charge in [-0.3, -0.25) is 0 Å². The molecular formula is C16H19FO3. The highest BCUT2D eigenvalue weighted by atomic mass is 19.1. The van der Waals surface area contributed by atoms with E-state index in [4.69, 9.17) is 9.84 Å². The van der Waals surface area contributed by atoms with Gasteiger partial charge in [-0.25, -0.2) is 9.18 Å². The predicted octanol–water partition coefficient (Wildman–Crippen LogP) is 3.88. The molecule has 1 N–H and O–H groups in total. The highest BCUT2D eigenvalue weighted by Gasteiger charge is 2.21. The van der Waals surface area contributed by atoms with Crippen LogP contribution in [-0.4, -0.2) is 17.2 Å². The molecule has 1 aromatic rings. The Morgan fingerprint density at radius 2 is 2.05 bits per heavy atom. The summed E-state index contributed by atoms with van der Waals surface area (Å²) in [4.78, 5) is 10.6. The van der Waals surface area contributed by atoms with E-state index in [0.29, 0.717) is 11.5 Å². The Hall–Kier alpha value is -1.84. The maximum absolute atomic E-state index is 13.9. The number of ether oxygens (including phenoxy) is 1. The number of halogens is 1. The van der Waals surface area contributed by atoms with Gasteiger partial charge < -0.3 is 9.84 Å². The molecule has 0 unspecified atom stereocenters. The Bertz CT molecular complexity index is 502. The molecule has 2 rings (SSSR count). The maximum atomic E-state index is 13.9. The molecule has 1 aliphatic rings. The van der Waals surface area contributed by atoms with Crippen molar-refractivity contribution in [2.75, 3.05) is 0 Å². The van der Waals surface area contributed by atoms with Crippen LogP contribution in [0.1, 0.15) is 38.2 Å². The third kappa shape index (κ3) is 3.83. The van der Waals surface area contributed by atoms with E-state index in [0.717, 1.165) is 31.8 Å². The molecule has 0 amide bonds. The highest BCUT2D eigenvalue weighted by Crippen LogP contribution is 2.31. The summed E-state index contributed by atoms with van der Waals surface area (Å²) in [6.07, 6.45) is 6.37. The normalized spacial score (nSPS) is 22.9. The molecule has 0 aromatic heterocycles. The van der Waals surface area contributed by atoms with Gasteiger partial charge in [0.05, 0.1) is 6.10 Å². The lowest BCUT2D eigenvalue weighted by molar-refractivity contribution is -0.131. The number of carboxylic acids is 1. The van der Waals surface area contributed by atoms with Gasteiger partial charge in [0.2, 0.25) is 0 Å². The van der Waals surface area contributed by atoms with Crippen LogP contribution < -0.4 is 4.74 Å². The number of hydrogen-bond donors (Lipinski definition) is 1. The lowest BCUT2D eigenvalue weighted by Gasteiger charge is -2.27. The Morgan fingerprint density at radius 1 is 1.35 bits per heavy atom. The first-order chi connectivity index (χ1) is 9.56. The zero-order chi connectivity index (χ0) is 14.5. The van der Waals surface area contributed by atoms with Crippen molar-refractivity contribution in [3.63, 3.8) is 0 Å². The molecular weight excluding hydrogens is 259 g/mol. The molecule has 1 aliphatic carbocycles. The van der Waals surface area contributed by atoms with Crippen molar-refractivity contribution in [1.29, 1.82) is 0 Å². The van der Waals surface area contributed by atoms with Crippen LogP contribution in [0.3, 0.4) is 0 Å². The minimum absolute atomic E-state index is 0.0140. The molecule has 1 fully saturated rings. The molecule has 0 aliphatic heterocycles. The molecule has 20 heavy (non-hydrogen) atoms. The Morgan fingerprint density at radius 3 is 2.70 bits per heavy atom. The molecule has 0 heterocycles. The third-order valence-corrected chi connectivity index (χ3v) is 3.65. The van der Waals surface area contributed by atoms with Crippen LogP contribution in [0.2, 0.25) is 0 Å². The standard InChI is InChI=1S/C16H19FO3/c1-11-5-8-13(9-6-11)20-16-12(7-10-15(18)19)3-2-4-14(16)17/h2-4,7,10-11,13H,5-6,8-9H2,1H3,(H,18,19)/b10-7+. The second kappa shape index (κ2) is 6.55. The zero-order valence-corrected chi connectivity index (χ0v) is 11.5. The summed E-state index contributed by atoms with van der Waals surface area (Å²) in [6.45, 7) is 2.21. The molecule has 4 heteroatoms. The van der Waals surface area contributed by atoms with Crippen LogP contribution in [-0.2, 0) is 4.79 Å². The fourth-order valence-electron chi connectivity index (χ4n) is 2.46. The van der Waals surface area contributed by atoms with Crippen molar-refractivity contribution in [2.24, 2.45) is 5.92 Å². The van der Waals surface area contributed by atoms with Gasteiger partial charge in [0.25, 0.3) is 0 Å². The van der Waals surface area contributed by atoms with Crippen LogP contribution in [0, 0.1) is 11.7 Å². The number of carbonyl (C=O) groups is 1. The predicted molar refractivity (Wildman–Crippen MR) is 75.1 cm³/mol. The third-order valence-electron chi connectivity index (χ3n) is 3.65. The molecule has 1 aromatic carbocycles. The number of hydrogen-bond acceptors (Lipinski definition) is 2. The lowest BCUT2D eigenvalue weighted by Crippen LogP contribution is -2.23. The molecule has 108 valence electrons. The summed E-state index contributed by atoms with van der Waals surface area (Å²) < 4.78 is 19.7. The van der Waals surface area contributed by atoms with E-state index in [1.807, 2.05) is 0 Å². The minimum atomic E-state index is -1.06. The Balaban J connectivity index is 2.15. The maximum Gasteiger partial charge on any atom is 0.328 e. The summed E-state index contributed by atoms with van der Waals surface area (Å²) in [5.74, 6) is -0.658. The fourth-order valence-corrected chi connectivity index (χ4v) is 2.46. The van der Waals surface area contributed by atoms with Crippen LogP contribution in [0.15, 0.2) is 24.3 Å². The number of aliphatic carboxylic acids is 1. The second-order valence-corrected chi connectivity index (χ2v) is 5.33. The van der Waals surface area contributed by atoms with Gasteiger partial charge in [-0.2, -0.15) is 0 Å². The first-order valence-corrected chi connectivity index (χ1v) is 6.92. The van der Waals surface area contributed by atoms with Gasteiger partial charge in [-0.15, -0.1) is 0 Å². The summed E-state index contributed by atoms with van der Waals surface area (Å²) >= 11 is 0. The number of para-hydroxylation sites is 1. The van der Waals surface area contributed by atoms with Gasteiger partial charge in [-0.1, -0.05) is 19.1 Å². The highest BCUT2D eigenvalue weighted by molar-refractivity contribution is 5.85. The first-order valence-electron chi connectivity index (χ1n) is 6.92. The molecule has 0 spiro atoms. The smallest absolute Gasteiger partial charge is 0.328 e. The average Bonchev–Trinajstić information content (AvgIpc) is 2.41. The van der Waals surface area contributed by atoms with Crippen LogP contribution in [0.25, 0.3) is 6.08 Å². The van der Waals surface area contributed by atoms with E-state index in [1.165, 1.54) is 12.1 Å². The molecule has 0 saturated heterocycles. The summed E-state index contributed by atoms with van der Waals surface area (Å²) in [7, 11) is 0. The molecule has 1 saturated carbocycles. The van der Waals surface area contributed by atoms with Crippen LogP contribution in [0.5, 0.6) is 5.75 Å². The van der Waals surface area contributed by atoms with Crippen molar-refractivity contribution in [3.8, 4) is 5.75 Å². The van der Waals surface area contributed by atoms with Crippen molar-refractivity contribution in [3.05, 3.63) is 35.7 Å². The first kappa shape index (κ1) is 14.6. The van der Waals surface area contributed by atoms with E-state index in [9.17, 15) is 9.18 Å². The number of rotatable bonds is 4. The fraction of sp³-hybridized carbons (Fsp3) is 0.438. The Labute approximate surface area is 118 Å². The quantitative estimate of drug-likeness (QED) is 0.850. The van der Waals surface area contributed by atoms with E-state index in [1.54, 1.807) is 12.1 Å². The van der Waals surface area contributed by atoms with Crippen LogP contribution in [0.4, 0.5) is 4.39 Å².